The highest BCUT2D eigenvalue weighted by atomic mass is 16.2. The number of carbonyl (C=O) groups excluding carboxylic acids is 3. The van der Waals surface area contributed by atoms with E-state index >= 15 is 0 Å². The number of likely N-dealkylation sites (tertiary alicyclic amines) is 1. The van der Waals surface area contributed by atoms with Crippen molar-refractivity contribution in [3.05, 3.63) is 59.7 Å². The van der Waals surface area contributed by atoms with Crippen LogP contribution in [0.25, 0.3) is 11.1 Å². The summed E-state index contributed by atoms with van der Waals surface area (Å²) in [6.07, 6.45) is 0. The van der Waals surface area contributed by atoms with E-state index < -0.39 is 0 Å². The highest BCUT2D eigenvalue weighted by Gasteiger charge is 2.43. The van der Waals surface area contributed by atoms with Crippen molar-refractivity contribution >= 4 is 17.8 Å². The van der Waals surface area contributed by atoms with Crippen LogP contribution in [0.2, 0.25) is 0 Å². The highest BCUT2D eigenvalue weighted by Crippen LogP contribution is 2.23. The summed E-state index contributed by atoms with van der Waals surface area (Å²) in [5, 5.41) is 2.50. The first-order chi connectivity index (χ1) is 12.5. The standard InChI is InChI=1S/C20H19N3O3/c1-13-2-4-14(5-3-13)15-6-8-16(9-7-15)19(25)22-11-17(12-22)23-18(24)10-21-20(23)26/h2-9,17H,10-12H2,1H3,(H,21,26). The van der Waals surface area contributed by atoms with E-state index in [1.54, 1.807) is 4.90 Å². The molecule has 6 heteroatoms. The van der Waals surface area contributed by atoms with Gasteiger partial charge in [0.1, 0.15) is 0 Å². The van der Waals surface area contributed by atoms with Crippen LogP contribution in [0.5, 0.6) is 0 Å². The Morgan fingerprint density at radius 1 is 0.962 bits per heavy atom. The Morgan fingerprint density at radius 2 is 1.54 bits per heavy atom. The monoisotopic (exact) mass is 349 g/mol. The van der Waals surface area contributed by atoms with Crippen LogP contribution in [0.1, 0.15) is 15.9 Å². The molecule has 2 fully saturated rings. The van der Waals surface area contributed by atoms with Crippen LogP contribution in [0.4, 0.5) is 4.79 Å². The number of rotatable bonds is 3. The molecule has 0 unspecified atom stereocenters. The molecule has 0 aliphatic carbocycles. The maximum atomic E-state index is 12.6. The number of amides is 4. The van der Waals surface area contributed by atoms with E-state index in [4.69, 9.17) is 0 Å². The third-order valence-electron chi connectivity index (χ3n) is 4.91. The Bertz CT molecular complexity index is 852. The Balaban J connectivity index is 1.41. The lowest BCUT2D eigenvalue weighted by Crippen LogP contribution is -2.62. The van der Waals surface area contributed by atoms with E-state index in [9.17, 15) is 14.4 Å². The van der Waals surface area contributed by atoms with Crippen LogP contribution < -0.4 is 5.32 Å². The Labute approximate surface area is 151 Å². The van der Waals surface area contributed by atoms with Gasteiger partial charge in [-0.3, -0.25) is 14.5 Å². The first-order valence-electron chi connectivity index (χ1n) is 8.59. The van der Waals surface area contributed by atoms with Gasteiger partial charge >= 0.3 is 6.03 Å². The fraction of sp³-hybridized carbons (Fsp3) is 0.250. The van der Waals surface area contributed by atoms with Crippen LogP contribution in [-0.4, -0.2) is 53.3 Å². The molecule has 6 nitrogen and oxygen atoms in total. The predicted molar refractivity (Wildman–Crippen MR) is 96.6 cm³/mol. The zero-order chi connectivity index (χ0) is 18.3. The van der Waals surface area contributed by atoms with Gasteiger partial charge in [-0.1, -0.05) is 42.0 Å². The van der Waals surface area contributed by atoms with E-state index in [1.165, 1.54) is 10.5 Å². The van der Waals surface area contributed by atoms with Gasteiger partial charge < -0.3 is 10.2 Å². The lowest BCUT2D eigenvalue weighted by molar-refractivity contribution is -0.128. The van der Waals surface area contributed by atoms with Crippen molar-refractivity contribution in [2.24, 2.45) is 0 Å². The van der Waals surface area contributed by atoms with Crippen LogP contribution in [0, 0.1) is 6.92 Å². The number of carbonyl (C=O) groups is 3. The van der Waals surface area contributed by atoms with Crippen molar-refractivity contribution in [3.8, 4) is 11.1 Å². The van der Waals surface area contributed by atoms with Gasteiger partial charge in [0.15, 0.2) is 0 Å². The predicted octanol–water partition coefficient (Wildman–Crippen LogP) is 2.04. The number of nitrogens with one attached hydrogen (secondary N) is 1. The lowest BCUT2D eigenvalue weighted by atomic mass is 10.0. The summed E-state index contributed by atoms with van der Waals surface area (Å²) < 4.78 is 0. The molecule has 4 amide bonds. The molecule has 0 spiro atoms. The molecular weight excluding hydrogens is 330 g/mol. The largest absolute Gasteiger partial charge is 0.334 e. The molecule has 0 atom stereocenters. The minimum absolute atomic E-state index is 0.0454. The molecule has 0 radical (unpaired) electrons. The van der Waals surface area contributed by atoms with E-state index in [1.807, 2.05) is 31.2 Å². The second kappa shape index (κ2) is 6.29. The first kappa shape index (κ1) is 16.3. The van der Waals surface area contributed by atoms with Gasteiger partial charge in [-0.25, -0.2) is 4.79 Å². The van der Waals surface area contributed by atoms with Crippen molar-refractivity contribution in [1.29, 1.82) is 0 Å². The number of nitrogens with zero attached hydrogens (tertiary/aromatic N) is 2. The van der Waals surface area contributed by atoms with Gasteiger partial charge in [-0.05, 0) is 30.2 Å². The topological polar surface area (TPSA) is 69.7 Å². The van der Waals surface area contributed by atoms with Gasteiger partial charge in [0.05, 0.1) is 12.6 Å². The molecular formula is C20H19N3O3. The van der Waals surface area contributed by atoms with Crippen molar-refractivity contribution < 1.29 is 14.4 Å². The van der Waals surface area contributed by atoms with Crippen molar-refractivity contribution in [3.63, 3.8) is 0 Å². The fourth-order valence-corrected chi connectivity index (χ4v) is 3.32. The van der Waals surface area contributed by atoms with Crippen LogP contribution in [-0.2, 0) is 4.79 Å². The summed E-state index contributed by atoms with van der Waals surface area (Å²) >= 11 is 0. The fourth-order valence-electron chi connectivity index (χ4n) is 3.32. The third-order valence-corrected chi connectivity index (χ3v) is 4.91. The minimum Gasteiger partial charge on any atom is -0.334 e. The molecule has 132 valence electrons. The molecule has 2 aliphatic rings. The number of imide groups is 1. The quantitative estimate of drug-likeness (QED) is 0.862. The van der Waals surface area contributed by atoms with E-state index in [0.29, 0.717) is 18.7 Å². The number of aryl methyl sites for hydroxylation is 1. The van der Waals surface area contributed by atoms with Gasteiger partial charge in [-0.2, -0.15) is 0 Å². The van der Waals surface area contributed by atoms with Gasteiger partial charge in [0.2, 0.25) is 5.91 Å². The number of benzene rings is 2. The molecule has 2 saturated heterocycles. The van der Waals surface area contributed by atoms with Crippen molar-refractivity contribution in [1.82, 2.24) is 15.1 Å². The van der Waals surface area contributed by atoms with E-state index in [-0.39, 0.29) is 30.4 Å². The number of urea groups is 1. The molecule has 2 heterocycles. The summed E-state index contributed by atoms with van der Waals surface area (Å²) in [6, 6.07) is 15.2. The second-order valence-corrected chi connectivity index (χ2v) is 6.73. The Kier molecular flexibility index (Phi) is 3.95. The maximum absolute atomic E-state index is 12.6. The lowest BCUT2D eigenvalue weighted by Gasteiger charge is -2.42. The second-order valence-electron chi connectivity index (χ2n) is 6.73. The smallest absolute Gasteiger partial charge is 0.324 e. The van der Waals surface area contributed by atoms with E-state index in [2.05, 4.69) is 29.6 Å². The average molecular weight is 349 g/mol. The highest BCUT2D eigenvalue weighted by molar-refractivity contribution is 6.03. The van der Waals surface area contributed by atoms with Crippen molar-refractivity contribution in [2.75, 3.05) is 19.6 Å². The molecule has 0 aromatic heterocycles. The van der Waals surface area contributed by atoms with Crippen LogP contribution >= 0.6 is 0 Å². The van der Waals surface area contributed by atoms with Gasteiger partial charge in [0.25, 0.3) is 5.91 Å². The van der Waals surface area contributed by atoms with Gasteiger partial charge in [-0.15, -0.1) is 0 Å². The first-order valence-corrected chi connectivity index (χ1v) is 8.59. The Morgan fingerprint density at radius 3 is 2.08 bits per heavy atom. The van der Waals surface area contributed by atoms with Crippen molar-refractivity contribution in [2.45, 2.75) is 13.0 Å². The SMILES string of the molecule is Cc1ccc(-c2ccc(C(=O)N3CC(N4C(=O)CNC4=O)C3)cc2)cc1. The number of hydrogen-bond donors (Lipinski definition) is 1. The third kappa shape index (κ3) is 2.83. The summed E-state index contributed by atoms with van der Waals surface area (Å²) in [5.41, 5.74) is 3.98. The summed E-state index contributed by atoms with van der Waals surface area (Å²) in [4.78, 5) is 38.8. The molecule has 1 N–H and O–H groups in total. The normalized spacial score (nSPS) is 17.3. The number of hydrogen-bond acceptors (Lipinski definition) is 3. The molecule has 4 rings (SSSR count). The Hall–Kier alpha value is -3.15. The summed E-state index contributed by atoms with van der Waals surface area (Å²) in [5.74, 6) is -0.307. The minimum atomic E-state index is -0.366. The maximum Gasteiger partial charge on any atom is 0.324 e. The molecule has 26 heavy (non-hydrogen) atoms. The zero-order valence-corrected chi connectivity index (χ0v) is 14.4. The zero-order valence-electron chi connectivity index (χ0n) is 14.4. The summed E-state index contributed by atoms with van der Waals surface area (Å²) in [7, 11) is 0. The molecule has 2 aliphatic heterocycles. The van der Waals surface area contributed by atoms with Crippen LogP contribution in [0.3, 0.4) is 0 Å². The summed E-state index contributed by atoms with van der Waals surface area (Å²) in [6.45, 7) is 2.87. The molecule has 2 aromatic rings. The molecule has 0 bridgehead atoms. The van der Waals surface area contributed by atoms with Gasteiger partial charge in [0, 0.05) is 18.7 Å². The van der Waals surface area contributed by atoms with E-state index in [0.717, 1.165) is 11.1 Å². The van der Waals surface area contributed by atoms with Crippen LogP contribution in [0.15, 0.2) is 48.5 Å². The molecule has 2 aromatic carbocycles. The average Bonchev–Trinajstić information content (AvgIpc) is 2.94. The molecule has 0 saturated carbocycles.